The lowest BCUT2D eigenvalue weighted by atomic mass is 10.0. The first-order chi connectivity index (χ1) is 10.5. The quantitative estimate of drug-likeness (QED) is 0.535. The molecule has 6 heteroatoms. The third-order valence-electron chi connectivity index (χ3n) is 3.71. The molecule has 0 unspecified atom stereocenters. The lowest BCUT2D eigenvalue weighted by Crippen LogP contribution is -1.91. The molecule has 0 radical (unpaired) electrons. The Kier molecular flexibility index (Phi) is 3.62. The first-order valence-electron chi connectivity index (χ1n) is 6.68. The number of nitrogens with one attached hydrogen (secondary N) is 1. The zero-order valence-electron chi connectivity index (χ0n) is 11.8. The maximum absolute atomic E-state index is 10.8. The molecule has 1 heterocycles. The van der Waals surface area contributed by atoms with Crippen molar-refractivity contribution >= 4 is 32.5 Å². The van der Waals surface area contributed by atoms with Gasteiger partial charge in [0.2, 0.25) is 0 Å². The van der Waals surface area contributed by atoms with Crippen LogP contribution >= 0.6 is 15.9 Å². The van der Waals surface area contributed by atoms with E-state index < -0.39 is 4.92 Å². The molecule has 0 saturated carbocycles. The van der Waals surface area contributed by atoms with Crippen molar-refractivity contribution in [3.8, 4) is 5.75 Å². The minimum atomic E-state index is -0.403. The molecule has 5 nitrogen and oxygen atoms in total. The molecule has 22 heavy (non-hydrogen) atoms. The minimum Gasteiger partial charge on any atom is -0.508 e. The number of phenols is 1. The predicted octanol–water partition coefficient (Wildman–Crippen LogP) is 4.44. The number of nitrogens with zero attached hydrogens (tertiary/aromatic N) is 1. The van der Waals surface area contributed by atoms with E-state index in [0.717, 1.165) is 32.1 Å². The van der Waals surface area contributed by atoms with E-state index in [0.29, 0.717) is 6.42 Å². The van der Waals surface area contributed by atoms with E-state index in [1.807, 2.05) is 19.2 Å². The molecule has 112 valence electrons. The van der Waals surface area contributed by atoms with Gasteiger partial charge in [-0.05, 0) is 35.7 Å². The van der Waals surface area contributed by atoms with Gasteiger partial charge >= 0.3 is 0 Å². The van der Waals surface area contributed by atoms with E-state index in [4.69, 9.17) is 0 Å². The van der Waals surface area contributed by atoms with Gasteiger partial charge in [-0.3, -0.25) is 10.1 Å². The molecule has 0 amide bonds. The largest absolute Gasteiger partial charge is 0.508 e. The van der Waals surface area contributed by atoms with Crippen LogP contribution in [0.25, 0.3) is 10.9 Å². The number of aromatic nitrogens is 1. The van der Waals surface area contributed by atoms with Crippen molar-refractivity contribution in [1.29, 1.82) is 0 Å². The molecule has 0 spiro atoms. The van der Waals surface area contributed by atoms with Gasteiger partial charge in [-0.1, -0.05) is 22.0 Å². The molecule has 2 N–H and O–H groups in total. The van der Waals surface area contributed by atoms with Crippen LogP contribution in [0.4, 0.5) is 5.69 Å². The van der Waals surface area contributed by atoms with Crippen molar-refractivity contribution < 1.29 is 10.0 Å². The summed E-state index contributed by atoms with van der Waals surface area (Å²) in [6, 6.07) is 8.43. The van der Waals surface area contributed by atoms with Gasteiger partial charge in [-0.25, -0.2) is 0 Å². The average Bonchev–Trinajstić information content (AvgIpc) is 2.87. The van der Waals surface area contributed by atoms with E-state index in [-0.39, 0.29) is 11.4 Å². The van der Waals surface area contributed by atoms with Gasteiger partial charge in [0.1, 0.15) is 5.75 Å². The number of hydrogen-bond acceptors (Lipinski definition) is 3. The summed E-state index contributed by atoms with van der Waals surface area (Å²) in [5.41, 5.74) is 3.73. The number of nitro benzene ring substituents is 1. The summed E-state index contributed by atoms with van der Waals surface area (Å²) in [5, 5.41) is 21.5. The second-order valence-corrected chi connectivity index (χ2v) is 6.06. The standard InChI is InChI=1S/C16H13BrN2O3/c1-9-4-10(14(17)7-16(9)20)5-11-8-18-15-6-12(19(21)22)2-3-13(11)15/h2-4,6-8,18,20H,5H2,1H3. The maximum Gasteiger partial charge on any atom is 0.271 e. The molecular weight excluding hydrogens is 348 g/mol. The molecule has 0 aliphatic carbocycles. The van der Waals surface area contributed by atoms with Crippen LogP contribution in [0.2, 0.25) is 0 Å². The number of H-pyrrole nitrogens is 1. The number of aromatic amines is 1. The summed E-state index contributed by atoms with van der Waals surface area (Å²) in [7, 11) is 0. The molecule has 0 saturated heterocycles. The van der Waals surface area contributed by atoms with Gasteiger partial charge in [0.05, 0.1) is 10.4 Å². The highest BCUT2D eigenvalue weighted by Gasteiger charge is 2.12. The van der Waals surface area contributed by atoms with Crippen LogP contribution in [0.1, 0.15) is 16.7 Å². The normalized spacial score (nSPS) is 11.0. The third-order valence-corrected chi connectivity index (χ3v) is 4.45. The van der Waals surface area contributed by atoms with E-state index in [1.165, 1.54) is 12.1 Å². The maximum atomic E-state index is 10.8. The Balaban J connectivity index is 2.01. The Bertz CT molecular complexity index is 886. The molecular formula is C16H13BrN2O3. The van der Waals surface area contributed by atoms with Crippen LogP contribution in [-0.2, 0) is 6.42 Å². The Morgan fingerprint density at radius 1 is 1.27 bits per heavy atom. The average molecular weight is 361 g/mol. The van der Waals surface area contributed by atoms with Crippen molar-refractivity contribution in [2.75, 3.05) is 0 Å². The summed E-state index contributed by atoms with van der Waals surface area (Å²) < 4.78 is 0.840. The Hall–Kier alpha value is -2.34. The number of aryl methyl sites for hydroxylation is 1. The molecule has 0 bridgehead atoms. The summed E-state index contributed by atoms with van der Waals surface area (Å²) >= 11 is 3.46. The minimum absolute atomic E-state index is 0.0718. The van der Waals surface area contributed by atoms with Gasteiger partial charge in [-0.2, -0.15) is 0 Å². The van der Waals surface area contributed by atoms with Crippen molar-refractivity contribution in [1.82, 2.24) is 4.98 Å². The van der Waals surface area contributed by atoms with Crippen molar-refractivity contribution in [3.63, 3.8) is 0 Å². The summed E-state index contributed by atoms with van der Waals surface area (Å²) in [6.07, 6.45) is 2.53. The summed E-state index contributed by atoms with van der Waals surface area (Å²) in [4.78, 5) is 13.5. The first-order valence-corrected chi connectivity index (χ1v) is 7.47. The number of phenolic OH excluding ortho intramolecular Hbond substituents is 1. The highest BCUT2D eigenvalue weighted by molar-refractivity contribution is 9.10. The molecule has 1 aromatic heterocycles. The molecule has 0 fully saturated rings. The van der Waals surface area contributed by atoms with Gasteiger partial charge in [-0.15, -0.1) is 0 Å². The fourth-order valence-corrected chi connectivity index (χ4v) is 2.98. The Morgan fingerprint density at radius 2 is 2.05 bits per heavy atom. The monoisotopic (exact) mass is 360 g/mol. The SMILES string of the molecule is Cc1cc(Cc2c[nH]c3cc([N+](=O)[O-])ccc23)c(Br)cc1O. The third kappa shape index (κ3) is 2.57. The van der Waals surface area contributed by atoms with Crippen LogP contribution in [-0.4, -0.2) is 15.0 Å². The predicted molar refractivity (Wildman–Crippen MR) is 88.3 cm³/mol. The smallest absolute Gasteiger partial charge is 0.271 e. The van der Waals surface area contributed by atoms with Gasteiger partial charge < -0.3 is 10.1 Å². The first kappa shape index (κ1) is 14.6. The van der Waals surface area contributed by atoms with E-state index in [9.17, 15) is 15.2 Å². The lowest BCUT2D eigenvalue weighted by molar-refractivity contribution is -0.384. The van der Waals surface area contributed by atoms with E-state index >= 15 is 0 Å². The molecule has 0 aliphatic heterocycles. The second kappa shape index (κ2) is 5.46. The fourth-order valence-electron chi connectivity index (χ4n) is 2.51. The highest BCUT2D eigenvalue weighted by atomic mass is 79.9. The number of halogens is 1. The lowest BCUT2D eigenvalue weighted by Gasteiger charge is -2.07. The molecule has 3 aromatic rings. The van der Waals surface area contributed by atoms with Crippen LogP contribution in [0.5, 0.6) is 5.75 Å². The Morgan fingerprint density at radius 3 is 2.77 bits per heavy atom. The Labute approximate surface area is 134 Å². The fraction of sp³-hybridized carbons (Fsp3) is 0.125. The van der Waals surface area contributed by atoms with Gasteiger partial charge in [0.25, 0.3) is 5.69 Å². The molecule has 0 aliphatic rings. The van der Waals surface area contributed by atoms with Crippen LogP contribution in [0.15, 0.2) is 41.0 Å². The van der Waals surface area contributed by atoms with Crippen LogP contribution in [0.3, 0.4) is 0 Å². The van der Waals surface area contributed by atoms with E-state index in [2.05, 4.69) is 20.9 Å². The molecule has 3 rings (SSSR count). The number of hydrogen-bond donors (Lipinski definition) is 2. The number of rotatable bonds is 3. The summed E-state index contributed by atoms with van der Waals surface area (Å²) in [6.45, 7) is 1.85. The zero-order valence-corrected chi connectivity index (χ0v) is 13.3. The van der Waals surface area contributed by atoms with Crippen molar-refractivity contribution in [2.45, 2.75) is 13.3 Å². The molecule has 0 atom stereocenters. The van der Waals surface area contributed by atoms with Gasteiger partial charge in [0, 0.05) is 34.6 Å². The van der Waals surface area contributed by atoms with Gasteiger partial charge in [0.15, 0.2) is 0 Å². The second-order valence-electron chi connectivity index (χ2n) is 5.21. The number of non-ortho nitro benzene ring substituents is 1. The topological polar surface area (TPSA) is 79.2 Å². The number of aromatic hydroxyl groups is 1. The van der Waals surface area contributed by atoms with Crippen molar-refractivity contribution in [3.05, 3.63) is 67.8 Å². The number of nitro groups is 1. The molecule has 2 aromatic carbocycles. The van der Waals surface area contributed by atoms with Crippen LogP contribution < -0.4 is 0 Å². The summed E-state index contributed by atoms with van der Waals surface area (Å²) in [5.74, 6) is 0.255. The zero-order chi connectivity index (χ0) is 15.9. The van der Waals surface area contributed by atoms with E-state index in [1.54, 1.807) is 12.1 Å². The highest BCUT2D eigenvalue weighted by Crippen LogP contribution is 2.30. The number of fused-ring (bicyclic) bond motifs is 1. The van der Waals surface area contributed by atoms with Crippen molar-refractivity contribution in [2.24, 2.45) is 0 Å². The van der Waals surface area contributed by atoms with Crippen LogP contribution in [0, 0.1) is 17.0 Å². The number of benzene rings is 2.